The zero-order chi connectivity index (χ0) is 13.9. The Balaban J connectivity index is 2.08. The van der Waals surface area contributed by atoms with E-state index in [1.165, 1.54) is 57.1 Å². The normalized spacial score (nSPS) is 11.1. The highest BCUT2D eigenvalue weighted by Crippen LogP contribution is 2.13. The summed E-state index contributed by atoms with van der Waals surface area (Å²) in [6, 6.07) is 8.16. The number of anilines is 1. The third-order valence-corrected chi connectivity index (χ3v) is 3.64. The Labute approximate surface area is 119 Å². The van der Waals surface area contributed by atoms with E-state index < -0.39 is 0 Å². The Kier molecular flexibility index (Phi) is 8.31. The first-order chi connectivity index (χ1) is 9.24. The van der Waals surface area contributed by atoms with E-state index in [9.17, 15) is 0 Å². The van der Waals surface area contributed by atoms with Crippen molar-refractivity contribution in [3.8, 4) is 0 Å². The Morgan fingerprint density at radius 1 is 0.947 bits per heavy atom. The van der Waals surface area contributed by atoms with Crippen molar-refractivity contribution in [3.05, 3.63) is 29.8 Å². The van der Waals surface area contributed by atoms with E-state index in [0.29, 0.717) is 0 Å². The minimum atomic E-state index is 0.911. The molecule has 0 heterocycles. The highest BCUT2D eigenvalue weighted by molar-refractivity contribution is 5.46. The first-order valence-corrected chi connectivity index (χ1v) is 7.76. The van der Waals surface area contributed by atoms with E-state index in [1.807, 2.05) is 12.1 Å². The molecule has 2 heteroatoms. The molecule has 0 aliphatic carbocycles. The third-order valence-electron chi connectivity index (χ3n) is 3.64. The molecule has 0 amide bonds. The summed E-state index contributed by atoms with van der Waals surface area (Å²) < 4.78 is 0. The first-order valence-electron chi connectivity index (χ1n) is 7.76. The van der Waals surface area contributed by atoms with Crippen LogP contribution in [0.1, 0.15) is 57.4 Å². The van der Waals surface area contributed by atoms with Crippen LogP contribution in [0.3, 0.4) is 0 Å². The maximum atomic E-state index is 5.97. The van der Waals surface area contributed by atoms with Crippen molar-refractivity contribution in [2.45, 2.75) is 58.4 Å². The third kappa shape index (κ3) is 7.22. The lowest BCUT2D eigenvalue weighted by Crippen LogP contribution is -2.19. The van der Waals surface area contributed by atoms with Crippen LogP contribution in [-0.4, -0.2) is 18.5 Å². The van der Waals surface area contributed by atoms with Gasteiger partial charge in [-0.2, -0.15) is 0 Å². The molecule has 0 aliphatic rings. The van der Waals surface area contributed by atoms with E-state index in [-0.39, 0.29) is 0 Å². The van der Waals surface area contributed by atoms with E-state index in [0.717, 1.165) is 12.2 Å². The molecule has 0 unspecified atom stereocenters. The van der Waals surface area contributed by atoms with Gasteiger partial charge >= 0.3 is 0 Å². The van der Waals surface area contributed by atoms with E-state index >= 15 is 0 Å². The number of rotatable bonds is 10. The molecule has 0 atom stereocenters. The SMILES string of the molecule is CCCCCCCCCN(C)Cc1ccccc1N. The lowest BCUT2D eigenvalue weighted by atomic mass is 10.1. The lowest BCUT2D eigenvalue weighted by molar-refractivity contribution is 0.317. The molecular formula is C17H30N2. The van der Waals surface area contributed by atoms with Gasteiger partial charge in [0.2, 0.25) is 0 Å². The zero-order valence-corrected chi connectivity index (χ0v) is 12.7. The van der Waals surface area contributed by atoms with Gasteiger partial charge < -0.3 is 10.6 Å². The number of unbranched alkanes of at least 4 members (excludes halogenated alkanes) is 6. The molecule has 1 rings (SSSR count). The van der Waals surface area contributed by atoms with Gasteiger partial charge in [0.1, 0.15) is 0 Å². The van der Waals surface area contributed by atoms with Crippen molar-refractivity contribution < 1.29 is 0 Å². The minimum absolute atomic E-state index is 0.911. The highest BCUT2D eigenvalue weighted by atomic mass is 15.1. The number of para-hydroxylation sites is 1. The molecule has 1 aromatic carbocycles. The van der Waals surface area contributed by atoms with Crippen LogP contribution in [0.5, 0.6) is 0 Å². The average Bonchev–Trinajstić information content (AvgIpc) is 2.40. The number of hydrogen-bond donors (Lipinski definition) is 1. The summed E-state index contributed by atoms with van der Waals surface area (Å²) >= 11 is 0. The second kappa shape index (κ2) is 9.85. The van der Waals surface area contributed by atoms with Crippen LogP contribution in [0.25, 0.3) is 0 Å². The molecule has 108 valence electrons. The fraction of sp³-hybridized carbons (Fsp3) is 0.647. The summed E-state index contributed by atoms with van der Waals surface area (Å²) in [5.41, 5.74) is 8.12. The summed E-state index contributed by atoms with van der Waals surface area (Å²) in [4.78, 5) is 2.37. The van der Waals surface area contributed by atoms with Gasteiger partial charge in [-0.15, -0.1) is 0 Å². The maximum absolute atomic E-state index is 5.97. The fourth-order valence-corrected chi connectivity index (χ4v) is 2.39. The number of nitrogens with zero attached hydrogens (tertiary/aromatic N) is 1. The molecule has 2 nitrogen and oxygen atoms in total. The molecule has 0 bridgehead atoms. The summed E-state index contributed by atoms with van der Waals surface area (Å²) in [5, 5.41) is 0. The number of hydrogen-bond acceptors (Lipinski definition) is 2. The van der Waals surface area contributed by atoms with Crippen LogP contribution in [-0.2, 0) is 6.54 Å². The van der Waals surface area contributed by atoms with Crippen molar-refractivity contribution in [3.63, 3.8) is 0 Å². The van der Waals surface area contributed by atoms with E-state index in [1.54, 1.807) is 0 Å². The van der Waals surface area contributed by atoms with Crippen LogP contribution >= 0.6 is 0 Å². The molecule has 0 saturated carbocycles. The van der Waals surface area contributed by atoms with E-state index in [2.05, 4.69) is 31.0 Å². The van der Waals surface area contributed by atoms with E-state index in [4.69, 9.17) is 5.73 Å². The molecule has 0 spiro atoms. The van der Waals surface area contributed by atoms with Crippen molar-refractivity contribution in [1.29, 1.82) is 0 Å². The summed E-state index contributed by atoms with van der Waals surface area (Å²) in [6.07, 6.45) is 9.60. The summed E-state index contributed by atoms with van der Waals surface area (Å²) in [5.74, 6) is 0. The van der Waals surface area contributed by atoms with Crippen LogP contribution < -0.4 is 5.73 Å². The molecule has 0 aliphatic heterocycles. The van der Waals surface area contributed by atoms with Gasteiger partial charge in [-0.25, -0.2) is 0 Å². The Morgan fingerprint density at radius 3 is 2.26 bits per heavy atom. The second-order valence-electron chi connectivity index (χ2n) is 5.56. The van der Waals surface area contributed by atoms with Gasteiger partial charge in [0, 0.05) is 12.2 Å². The monoisotopic (exact) mass is 262 g/mol. The number of nitrogen functional groups attached to an aromatic ring is 1. The highest BCUT2D eigenvalue weighted by Gasteiger charge is 2.02. The number of nitrogens with two attached hydrogens (primary N) is 1. The predicted molar refractivity (Wildman–Crippen MR) is 85.2 cm³/mol. The van der Waals surface area contributed by atoms with Crippen molar-refractivity contribution in [1.82, 2.24) is 4.90 Å². The molecule has 1 aromatic rings. The Morgan fingerprint density at radius 2 is 1.58 bits per heavy atom. The van der Waals surface area contributed by atoms with Crippen molar-refractivity contribution in [2.24, 2.45) is 0 Å². The van der Waals surface area contributed by atoms with Gasteiger partial charge in [-0.1, -0.05) is 63.6 Å². The second-order valence-corrected chi connectivity index (χ2v) is 5.56. The van der Waals surface area contributed by atoms with Crippen LogP contribution in [0, 0.1) is 0 Å². The van der Waals surface area contributed by atoms with Gasteiger partial charge in [0.25, 0.3) is 0 Å². The van der Waals surface area contributed by atoms with Crippen LogP contribution in [0.15, 0.2) is 24.3 Å². The van der Waals surface area contributed by atoms with Gasteiger partial charge in [0.15, 0.2) is 0 Å². The topological polar surface area (TPSA) is 29.3 Å². The Bertz CT molecular complexity index is 336. The van der Waals surface area contributed by atoms with Gasteiger partial charge in [-0.3, -0.25) is 0 Å². The fourth-order valence-electron chi connectivity index (χ4n) is 2.39. The number of benzene rings is 1. The maximum Gasteiger partial charge on any atom is 0.0359 e. The summed E-state index contributed by atoms with van der Waals surface area (Å²) in [6.45, 7) is 4.40. The average molecular weight is 262 g/mol. The molecule has 0 saturated heterocycles. The molecular weight excluding hydrogens is 232 g/mol. The lowest BCUT2D eigenvalue weighted by Gasteiger charge is -2.17. The standard InChI is InChI=1S/C17H30N2/c1-3-4-5-6-7-8-11-14-19(2)15-16-12-9-10-13-17(16)18/h9-10,12-13H,3-8,11,14-15,18H2,1-2H3. The molecule has 2 N–H and O–H groups in total. The molecule has 0 aromatic heterocycles. The smallest absolute Gasteiger partial charge is 0.0359 e. The molecule has 0 fully saturated rings. The van der Waals surface area contributed by atoms with Gasteiger partial charge in [-0.05, 0) is 31.6 Å². The zero-order valence-electron chi connectivity index (χ0n) is 12.7. The predicted octanol–water partition coefficient (Wildman–Crippen LogP) is 4.45. The first kappa shape index (κ1) is 16.0. The molecule has 19 heavy (non-hydrogen) atoms. The summed E-state index contributed by atoms with van der Waals surface area (Å²) in [7, 11) is 2.18. The van der Waals surface area contributed by atoms with Crippen LogP contribution in [0.2, 0.25) is 0 Å². The molecule has 0 radical (unpaired) electrons. The Hall–Kier alpha value is -1.02. The van der Waals surface area contributed by atoms with Gasteiger partial charge in [0.05, 0.1) is 0 Å². The van der Waals surface area contributed by atoms with Crippen molar-refractivity contribution >= 4 is 5.69 Å². The largest absolute Gasteiger partial charge is 0.398 e. The minimum Gasteiger partial charge on any atom is -0.398 e. The van der Waals surface area contributed by atoms with Crippen molar-refractivity contribution in [2.75, 3.05) is 19.3 Å². The van der Waals surface area contributed by atoms with Crippen LogP contribution in [0.4, 0.5) is 5.69 Å². The quantitative estimate of drug-likeness (QED) is 0.498.